The number of benzene rings is 1. The molecule has 1 amide bonds. The van der Waals surface area contributed by atoms with Gasteiger partial charge in [-0.25, -0.2) is 0 Å². The molecule has 2 atom stereocenters. The number of aromatic nitrogens is 2. The van der Waals surface area contributed by atoms with Crippen LogP contribution in [-0.2, 0) is 4.79 Å². The lowest BCUT2D eigenvalue weighted by Crippen LogP contribution is -2.42. The fraction of sp³-hybridized carbons (Fsp3) is 0.474. The van der Waals surface area contributed by atoms with Crippen LogP contribution in [0.2, 0.25) is 0 Å². The first kappa shape index (κ1) is 17.1. The van der Waals surface area contributed by atoms with Gasteiger partial charge in [0, 0.05) is 30.5 Å². The van der Waals surface area contributed by atoms with Gasteiger partial charge >= 0.3 is 0 Å². The fourth-order valence-corrected chi connectivity index (χ4v) is 4.12. The van der Waals surface area contributed by atoms with Crippen LogP contribution in [0.25, 0.3) is 0 Å². The molecule has 128 valence electrons. The monoisotopic (exact) mass is 343 g/mol. The number of carbonyl (C=O) groups excluding carboxylic acids is 1. The maximum atomic E-state index is 13.2. The Morgan fingerprint density at radius 3 is 2.88 bits per heavy atom. The van der Waals surface area contributed by atoms with E-state index in [1.807, 2.05) is 30.0 Å². The van der Waals surface area contributed by atoms with Gasteiger partial charge in [0.05, 0.1) is 11.6 Å². The van der Waals surface area contributed by atoms with Gasteiger partial charge in [-0.15, -0.1) is 0 Å². The molecule has 1 saturated heterocycles. The van der Waals surface area contributed by atoms with Crippen molar-refractivity contribution in [1.82, 2.24) is 15.1 Å². The fourth-order valence-electron chi connectivity index (χ4n) is 3.45. The van der Waals surface area contributed by atoms with Crippen LogP contribution in [0.1, 0.15) is 41.6 Å². The number of rotatable bonds is 5. The lowest BCUT2D eigenvalue weighted by Gasteiger charge is -2.34. The highest BCUT2D eigenvalue weighted by atomic mass is 32.2. The zero-order valence-electron chi connectivity index (χ0n) is 14.4. The summed E-state index contributed by atoms with van der Waals surface area (Å²) >= 11 is 1.73. The molecule has 1 aromatic carbocycles. The van der Waals surface area contributed by atoms with Crippen molar-refractivity contribution in [2.75, 3.05) is 25.1 Å². The molecule has 24 heavy (non-hydrogen) atoms. The molecule has 0 radical (unpaired) electrons. The van der Waals surface area contributed by atoms with Gasteiger partial charge in [-0.2, -0.15) is 16.9 Å². The number of hydrogen-bond donors (Lipinski definition) is 1. The highest BCUT2D eigenvalue weighted by Gasteiger charge is 2.30. The normalized spacial score (nSPS) is 19.2. The van der Waals surface area contributed by atoms with E-state index in [1.54, 1.807) is 11.8 Å². The van der Waals surface area contributed by atoms with Crippen molar-refractivity contribution in [2.45, 2.75) is 31.6 Å². The Morgan fingerprint density at radius 2 is 2.21 bits per heavy atom. The van der Waals surface area contributed by atoms with Gasteiger partial charge in [-0.3, -0.25) is 9.89 Å². The summed E-state index contributed by atoms with van der Waals surface area (Å²) in [5, 5.41) is 7.43. The minimum absolute atomic E-state index is 0.0547. The molecule has 2 heterocycles. The predicted molar refractivity (Wildman–Crippen MR) is 99.4 cm³/mol. The molecule has 0 saturated carbocycles. The summed E-state index contributed by atoms with van der Waals surface area (Å²) in [4.78, 5) is 15.2. The summed E-state index contributed by atoms with van der Waals surface area (Å²) in [6.07, 6.45) is 4.21. The standard InChI is InChI=1S/C19H25N3OS/c1-14-11-18(21-20-14)16-9-6-10-22(12-16)19(23)17(13-24-2)15-7-4-3-5-8-15/h3-5,7-8,11,16-17H,6,9-10,12-13H2,1-2H3,(H,20,21)/t16-,17+/m1/s1. The second kappa shape index (κ2) is 7.88. The lowest BCUT2D eigenvalue weighted by molar-refractivity contribution is -0.133. The number of hydrogen-bond acceptors (Lipinski definition) is 3. The van der Waals surface area contributed by atoms with Crippen molar-refractivity contribution in [3.63, 3.8) is 0 Å². The van der Waals surface area contributed by atoms with Gasteiger partial charge in [0.15, 0.2) is 0 Å². The summed E-state index contributed by atoms with van der Waals surface area (Å²) in [6, 6.07) is 12.3. The van der Waals surface area contributed by atoms with Crippen LogP contribution in [0.3, 0.4) is 0 Å². The van der Waals surface area contributed by atoms with Crippen molar-refractivity contribution >= 4 is 17.7 Å². The number of nitrogens with one attached hydrogen (secondary N) is 1. The Bertz CT molecular complexity index is 670. The summed E-state index contributed by atoms with van der Waals surface area (Å²) < 4.78 is 0. The highest BCUT2D eigenvalue weighted by Crippen LogP contribution is 2.29. The van der Waals surface area contributed by atoms with Crippen LogP contribution < -0.4 is 0 Å². The van der Waals surface area contributed by atoms with Crippen molar-refractivity contribution < 1.29 is 4.79 Å². The van der Waals surface area contributed by atoms with E-state index in [1.165, 1.54) is 0 Å². The summed E-state index contributed by atoms with van der Waals surface area (Å²) in [5.41, 5.74) is 3.29. The van der Waals surface area contributed by atoms with Crippen LogP contribution in [-0.4, -0.2) is 46.1 Å². The second-order valence-electron chi connectivity index (χ2n) is 6.52. The lowest BCUT2D eigenvalue weighted by atomic mass is 9.92. The molecule has 0 bridgehead atoms. The average Bonchev–Trinajstić information content (AvgIpc) is 3.06. The number of H-pyrrole nitrogens is 1. The quantitative estimate of drug-likeness (QED) is 0.903. The maximum absolute atomic E-state index is 13.2. The number of thioether (sulfide) groups is 1. The van der Waals surface area contributed by atoms with Gasteiger partial charge in [0.1, 0.15) is 0 Å². The van der Waals surface area contributed by atoms with Crippen molar-refractivity contribution in [3.05, 3.63) is 53.3 Å². The third kappa shape index (κ3) is 3.83. The first-order valence-corrected chi connectivity index (χ1v) is 9.93. The van der Waals surface area contributed by atoms with E-state index in [-0.39, 0.29) is 11.8 Å². The van der Waals surface area contributed by atoms with Crippen molar-refractivity contribution in [1.29, 1.82) is 0 Å². The summed E-state index contributed by atoms with van der Waals surface area (Å²) in [6.45, 7) is 3.66. The van der Waals surface area contributed by atoms with E-state index >= 15 is 0 Å². The van der Waals surface area contributed by atoms with Crippen LogP contribution >= 0.6 is 11.8 Å². The molecule has 1 fully saturated rings. The molecule has 0 unspecified atom stereocenters. The number of likely N-dealkylation sites (tertiary alicyclic amines) is 1. The van der Waals surface area contributed by atoms with Gasteiger partial charge in [0.25, 0.3) is 0 Å². The van der Waals surface area contributed by atoms with E-state index in [4.69, 9.17) is 0 Å². The van der Waals surface area contributed by atoms with Crippen LogP contribution in [0.4, 0.5) is 0 Å². The Kier molecular flexibility index (Phi) is 5.61. The number of aromatic amines is 1. The zero-order chi connectivity index (χ0) is 16.9. The average molecular weight is 343 g/mol. The predicted octanol–water partition coefficient (Wildman–Crippen LogP) is 3.57. The minimum Gasteiger partial charge on any atom is -0.341 e. The third-order valence-corrected chi connectivity index (χ3v) is 5.38. The molecule has 4 nitrogen and oxygen atoms in total. The topological polar surface area (TPSA) is 49.0 Å². The van der Waals surface area contributed by atoms with E-state index in [9.17, 15) is 4.79 Å². The number of amides is 1. The molecule has 0 aliphatic carbocycles. The molecule has 1 aliphatic heterocycles. The Balaban J connectivity index is 1.74. The Labute approximate surface area is 148 Å². The summed E-state index contributed by atoms with van der Waals surface area (Å²) in [7, 11) is 0. The first-order valence-electron chi connectivity index (χ1n) is 8.53. The molecule has 1 aliphatic rings. The van der Waals surface area contributed by atoms with Gasteiger partial charge < -0.3 is 4.90 Å². The largest absolute Gasteiger partial charge is 0.341 e. The molecule has 3 rings (SSSR count). The number of carbonyl (C=O) groups is 1. The van der Waals surface area contributed by atoms with Gasteiger partial charge in [-0.05, 0) is 37.7 Å². The molecular weight excluding hydrogens is 318 g/mol. The molecule has 0 spiro atoms. The van der Waals surface area contributed by atoms with Crippen molar-refractivity contribution in [2.24, 2.45) is 0 Å². The van der Waals surface area contributed by atoms with Crippen LogP contribution in [0, 0.1) is 6.92 Å². The molecular formula is C19H25N3OS. The zero-order valence-corrected chi connectivity index (χ0v) is 15.2. The Morgan fingerprint density at radius 1 is 1.42 bits per heavy atom. The van der Waals surface area contributed by atoms with Gasteiger partial charge in [0.2, 0.25) is 5.91 Å². The van der Waals surface area contributed by atoms with E-state index in [2.05, 4.69) is 34.7 Å². The van der Waals surface area contributed by atoms with E-state index < -0.39 is 0 Å². The highest BCUT2D eigenvalue weighted by molar-refractivity contribution is 7.98. The van der Waals surface area contributed by atoms with E-state index in [0.717, 1.165) is 48.6 Å². The van der Waals surface area contributed by atoms with Crippen LogP contribution in [0.5, 0.6) is 0 Å². The molecule has 1 aromatic heterocycles. The first-order chi connectivity index (χ1) is 11.7. The van der Waals surface area contributed by atoms with Crippen LogP contribution in [0.15, 0.2) is 36.4 Å². The molecule has 2 aromatic rings. The number of nitrogens with zero attached hydrogens (tertiary/aromatic N) is 2. The minimum atomic E-state index is -0.0547. The molecule has 5 heteroatoms. The Hall–Kier alpha value is -1.75. The number of piperidine rings is 1. The van der Waals surface area contributed by atoms with Crippen molar-refractivity contribution in [3.8, 4) is 0 Å². The third-order valence-electron chi connectivity index (χ3n) is 4.71. The maximum Gasteiger partial charge on any atom is 0.230 e. The number of aryl methyl sites for hydroxylation is 1. The molecule has 1 N–H and O–H groups in total. The smallest absolute Gasteiger partial charge is 0.230 e. The summed E-state index contributed by atoms with van der Waals surface area (Å²) in [5.74, 6) is 1.37. The van der Waals surface area contributed by atoms with Gasteiger partial charge in [-0.1, -0.05) is 30.3 Å². The second-order valence-corrected chi connectivity index (χ2v) is 7.43. The SMILES string of the molecule is CSC[C@H](C(=O)N1CCC[C@@H](c2cc(C)[nH]n2)C1)c1ccccc1. The van der Waals surface area contributed by atoms with E-state index in [0.29, 0.717) is 5.92 Å².